The Kier molecular flexibility index (Phi) is 5.62. The Hall–Kier alpha value is -2.80. The molecule has 0 unspecified atom stereocenters. The summed E-state index contributed by atoms with van der Waals surface area (Å²) in [5.41, 5.74) is 2.74. The van der Waals surface area contributed by atoms with E-state index >= 15 is 0 Å². The maximum atomic E-state index is 12.2. The Morgan fingerprint density at radius 2 is 1.82 bits per heavy atom. The fourth-order valence-electron chi connectivity index (χ4n) is 3.28. The largest absolute Gasteiger partial charge is 0.431 e. The van der Waals surface area contributed by atoms with Gasteiger partial charge >= 0.3 is 0 Å². The summed E-state index contributed by atoms with van der Waals surface area (Å²) in [6.07, 6.45) is 4.46. The van der Waals surface area contributed by atoms with Gasteiger partial charge in [0.25, 0.3) is 11.1 Å². The Bertz CT molecular complexity index is 945. The smallest absolute Gasteiger partial charge is 0.257 e. The molecule has 4 rings (SSSR count). The molecular weight excluding hydrogens is 374 g/mol. The summed E-state index contributed by atoms with van der Waals surface area (Å²) in [5.74, 6) is -0.0248. The van der Waals surface area contributed by atoms with Gasteiger partial charge in [-0.15, -0.1) is 0 Å². The lowest BCUT2D eigenvalue weighted by Crippen LogP contribution is -2.32. The van der Waals surface area contributed by atoms with Crippen molar-refractivity contribution in [1.82, 2.24) is 10.3 Å². The third-order valence-electron chi connectivity index (χ3n) is 4.72. The Morgan fingerprint density at radius 1 is 1.07 bits per heavy atom. The number of aromatic nitrogens is 1. The zero-order valence-corrected chi connectivity index (χ0v) is 16.1. The van der Waals surface area contributed by atoms with Crippen LogP contribution in [0.1, 0.15) is 36.0 Å². The first-order valence-electron chi connectivity index (χ1n) is 9.36. The highest BCUT2D eigenvalue weighted by atomic mass is 32.2. The topological polar surface area (TPSA) is 84.2 Å². The molecule has 144 valence electrons. The third kappa shape index (κ3) is 4.54. The number of thioether (sulfide) groups is 1. The van der Waals surface area contributed by atoms with Gasteiger partial charge in [-0.3, -0.25) is 9.59 Å². The van der Waals surface area contributed by atoms with Crippen LogP contribution in [0.2, 0.25) is 0 Å². The number of rotatable bonds is 6. The standard InChI is InChI=1S/C21H21N3O3S/c25-19(13-28-21-24-17-7-3-4-8-18(17)27-21)22-16-11-9-14(10-12-16)20(26)23-15-5-1-2-6-15/h3-4,7-12,15H,1-2,5-6,13H2,(H,22,25)(H,23,26). The zero-order chi connectivity index (χ0) is 19.3. The number of hydrogen-bond acceptors (Lipinski definition) is 5. The minimum atomic E-state index is -0.157. The van der Waals surface area contributed by atoms with Crippen molar-refractivity contribution in [1.29, 1.82) is 0 Å². The van der Waals surface area contributed by atoms with Gasteiger partial charge in [0.05, 0.1) is 5.75 Å². The summed E-state index contributed by atoms with van der Waals surface area (Å²) in [6, 6.07) is 14.7. The summed E-state index contributed by atoms with van der Waals surface area (Å²) in [4.78, 5) is 28.8. The van der Waals surface area contributed by atoms with E-state index in [2.05, 4.69) is 15.6 Å². The minimum absolute atomic E-state index is 0.0590. The molecule has 0 saturated heterocycles. The first-order valence-corrected chi connectivity index (χ1v) is 10.3. The van der Waals surface area contributed by atoms with Crippen molar-refractivity contribution in [2.24, 2.45) is 0 Å². The van der Waals surface area contributed by atoms with Gasteiger partial charge in [0.2, 0.25) is 5.91 Å². The van der Waals surface area contributed by atoms with Crippen molar-refractivity contribution in [2.45, 2.75) is 36.9 Å². The van der Waals surface area contributed by atoms with Crippen LogP contribution >= 0.6 is 11.8 Å². The quantitative estimate of drug-likeness (QED) is 0.610. The number of para-hydroxylation sites is 2. The summed E-state index contributed by atoms with van der Waals surface area (Å²) in [7, 11) is 0. The molecular formula is C21H21N3O3S. The number of carbonyl (C=O) groups excluding carboxylic acids is 2. The van der Waals surface area contributed by atoms with E-state index < -0.39 is 0 Å². The van der Waals surface area contributed by atoms with Crippen molar-refractivity contribution in [3.63, 3.8) is 0 Å². The predicted molar refractivity (Wildman–Crippen MR) is 110 cm³/mol. The van der Waals surface area contributed by atoms with Gasteiger partial charge in [-0.2, -0.15) is 0 Å². The Labute approximate surface area is 167 Å². The van der Waals surface area contributed by atoms with E-state index in [1.807, 2.05) is 24.3 Å². The fraction of sp³-hybridized carbons (Fsp3) is 0.286. The minimum Gasteiger partial charge on any atom is -0.431 e. The maximum absolute atomic E-state index is 12.2. The molecule has 28 heavy (non-hydrogen) atoms. The molecule has 1 aliphatic rings. The Morgan fingerprint density at radius 3 is 2.57 bits per heavy atom. The second kappa shape index (κ2) is 8.48. The summed E-state index contributed by atoms with van der Waals surface area (Å²) >= 11 is 1.25. The van der Waals surface area contributed by atoms with Crippen LogP contribution in [-0.4, -0.2) is 28.6 Å². The van der Waals surface area contributed by atoms with Crippen LogP contribution in [0, 0.1) is 0 Å². The molecule has 1 heterocycles. The van der Waals surface area contributed by atoms with E-state index in [1.165, 1.54) is 24.6 Å². The molecule has 6 nitrogen and oxygen atoms in total. The molecule has 1 fully saturated rings. The number of benzene rings is 2. The van der Waals surface area contributed by atoms with E-state index in [4.69, 9.17) is 4.42 Å². The number of nitrogens with one attached hydrogen (secondary N) is 2. The summed E-state index contributed by atoms with van der Waals surface area (Å²) in [5, 5.41) is 6.35. The molecule has 0 aliphatic heterocycles. The van der Waals surface area contributed by atoms with Crippen LogP contribution in [0.3, 0.4) is 0 Å². The van der Waals surface area contributed by atoms with Crippen molar-refractivity contribution >= 4 is 40.4 Å². The first-order chi connectivity index (χ1) is 13.7. The normalized spacial score (nSPS) is 14.3. The number of amides is 2. The van der Waals surface area contributed by atoms with Crippen molar-refractivity contribution in [3.8, 4) is 0 Å². The van der Waals surface area contributed by atoms with Gasteiger partial charge in [0, 0.05) is 17.3 Å². The molecule has 1 aromatic heterocycles. The van der Waals surface area contributed by atoms with Crippen LogP contribution in [0.5, 0.6) is 0 Å². The SMILES string of the molecule is O=C(CSc1nc2ccccc2o1)Nc1ccc(C(=O)NC2CCCC2)cc1. The number of anilines is 1. The number of fused-ring (bicyclic) bond motifs is 1. The van der Waals surface area contributed by atoms with Crippen LogP contribution in [0.25, 0.3) is 11.1 Å². The van der Waals surface area contributed by atoms with Crippen molar-refractivity contribution in [3.05, 3.63) is 54.1 Å². The molecule has 0 spiro atoms. The van der Waals surface area contributed by atoms with Gasteiger partial charge in [-0.05, 0) is 49.2 Å². The van der Waals surface area contributed by atoms with E-state index in [9.17, 15) is 9.59 Å². The molecule has 2 aromatic carbocycles. The Balaban J connectivity index is 1.28. The van der Waals surface area contributed by atoms with Crippen LogP contribution < -0.4 is 10.6 Å². The first kappa shape index (κ1) is 18.6. The molecule has 7 heteroatoms. The maximum Gasteiger partial charge on any atom is 0.257 e. The van der Waals surface area contributed by atoms with E-state index in [0.717, 1.165) is 18.4 Å². The number of nitrogens with zero attached hydrogens (tertiary/aromatic N) is 1. The van der Waals surface area contributed by atoms with Gasteiger partial charge < -0.3 is 15.1 Å². The fourth-order valence-corrected chi connectivity index (χ4v) is 3.92. The monoisotopic (exact) mass is 395 g/mol. The average molecular weight is 395 g/mol. The highest BCUT2D eigenvalue weighted by molar-refractivity contribution is 7.99. The summed E-state index contributed by atoms with van der Waals surface area (Å²) < 4.78 is 5.59. The third-order valence-corrected chi connectivity index (χ3v) is 5.55. The van der Waals surface area contributed by atoms with Crippen LogP contribution in [-0.2, 0) is 4.79 Å². The van der Waals surface area contributed by atoms with Gasteiger partial charge in [0.1, 0.15) is 5.52 Å². The lowest BCUT2D eigenvalue weighted by molar-refractivity contribution is -0.113. The van der Waals surface area contributed by atoms with Crippen LogP contribution in [0.15, 0.2) is 58.2 Å². The molecule has 3 aromatic rings. The van der Waals surface area contributed by atoms with E-state index in [0.29, 0.717) is 22.1 Å². The number of oxazole rings is 1. The van der Waals surface area contributed by atoms with Crippen molar-refractivity contribution < 1.29 is 14.0 Å². The highest BCUT2D eigenvalue weighted by Gasteiger charge is 2.18. The molecule has 2 amide bonds. The van der Waals surface area contributed by atoms with Gasteiger partial charge in [-0.25, -0.2) is 4.98 Å². The molecule has 0 radical (unpaired) electrons. The molecule has 0 atom stereocenters. The highest BCUT2D eigenvalue weighted by Crippen LogP contribution is 2.23. The second-order valence-electron chi connectivity index (χ2n) is 6.82. The predicted octanol–water partition coefficient (Wildman–Crippen LogP) is 4.23. The zero-order valence-electron chi connectivity index (χ0n) is 15.3. The summed E-state index contributed by atoms with van der Waals surface area (Å²) in [6.45, 7) is 0. The second-order valence-corrected chi connectivity index (χ2v) is 7.74. The number of hydrogen-bond donors (Lipinski definition) is 2. The number of carbonyl (C=O) groups is 2. The van der Waals surface area contributed by atoms with Crippen molar-refractivity contribution in [2.75, 3.05) is 11.1 Å². The van der Waals surface area contributed by atoms with Gasteiger partial charge in [0.15, 0.2) is 5.58 Å². The van der Waals surface area contributed by atoms with E-state index in [1.54, 1.807) is 24.3 Å². The van der Waals surface area contributed by atoms with Gasteiger partial charge in [-0.1, -0.05) is 36.7 Å². The van der Waals surface area contributed by atoms with E-state index in [-0.39, 0.29) is 23.6 Å². The average Bonchev–Trinajstić information content (AvgIpc) is 3.36. The molecule has 1 aliphatic carbocycles. The molecule has 0 bridgehead atoms. The lowest BCUT2D eigenvalue weighted by Gasteiger charge is -2.12. The molecule has 2 N–H and O–H groups in total. The molecule has 1 saturated carbocycles. The van der Waals surface area contributed by atoms with Crippen LogP contribution in [0.4, 0.5) is 5.69 Å². The lowest BCUT2D eigenvalue weighted by atomic mass is 10.1.